The normalized spacial score (nSPS) is 18.0. The van der Waals surface area contributed by atoms with Crippen LogP contribution in [0.2, 0.25) is 0 Å². The molecule has 0 aliphatic carbocycles. The molecule has 0 bridgehead atoms. The van der Waals surface area contributed by atoms with Gasteiger partial charge in [0.1, 0.15) is 11.0 Å². The Hall–Kier alpha value is -2.02. The first-order valence-corrected chi connectivity index (χ1v) is 7.77. The van der Waals surface area contributed by atoms with Crippen molar-refractivity contribution in [1.29, 1.82) is 0 Å². The Labute approximate surface area is 133 Å². The van der Waals surface area contributed by atoms with Gasteiger partial charge in [-0.3, -0.25) is 14.7 Å². The molecule has 0 aromatic carbocycles. The lowest BCUT2D eigenvalue weighted by Crippen LogP contribution is -2.37. The van der Waals surface area contributed by atoms with Crippen LogP contribution in [0.5, 0.6) is 0 Å². The van der Waals surface area contributed by atoms with E-state index in [1.165, 1.54) is 16.7 Å². The lowest BCUT2D eigenvalue weighted by molar-refractivity contribution is -0.117. The van der Waals surface area contributed by atoms with Crippen molar-refractivity contribution in [3.63, 3.8) is 0 Å². The molecular formula is C15H19N3O3S. The summed E-state index contributed by atoms with van der Waals surface area (Å²) in [5, 5.41) is 1.46. The first-order valence-electron chi connectivity index (χ1n) is 6.83. The predicted molar refractivity (Wildman–Crippen MR) is 84.5 cm³/mol. The molecule has 7 heteroatoms. The number of hydrogen-bond donors (Lipinski definition) is 1. The van der Waals surface area contributed by atoms with Gasteiger partial charge in [-0.2, -0.15) is 0 Å². The molecule has 2 rings (SSSR count). The first kappa shape index (κ1) is 16.4. The zero-order chi connectivity index (χ0) is 16.3. The molecule has 0 fully saturated rings. The zero-order valence-electron chi connectivity index (χ0n) is 12.8. The van der Waals surface area contributed by atoms with Gasteiger partial charge in [0.15, 0.2) is 0 Å². The van der Waals surface area contributed by atoms with Crippen LogP contribution < -0.4 is 5.73 Å². The fraction of sp³-hybridized carbons (Fsp3) is 0.400. The first-order chi connectivity index (χ1) is 10.3. The number of aromatic nitrogens is 1. The van der Waals surface area contributed by atoms with Crippen LogP contribution in [0.15, 0.2) is 35.6 Å². The van der Waals surface area contributed by atoms with E-state index in [9.17, 15) is 9.59 Å². The van der Waals surface area contributed by atoms with E-state index >= 15 is 0 Å². The summed E-state index contributed by atoms with van der Waals surface area (Å²) in [7, 11) is 0. The van der Waals surface area contributed by atoms with E-state index in [1.54, 1.807) is 44.6 Å². The summed E-state index contributed by atoms with van der Waals surface area (Å²) in [6.45, 7) is 5.39. The van der Waals surface area contributed by atoms with Crippen molar-refractivity contribution in [1.82, 2.24) is 9.88 Å². The summed E-state index contributed by atoms with van der Waals surface area (Å²) < 4.78 is 5.45. The van der Waals surface area contributed by atoms with E-state index in [0.29, 0.717) is 5.70 Å². The van der Waals surface area contributed by atoms with Gasteiger partial charge < -0.3 is 10.5 Å². The van der Waals surface area contributed by atoms with Crippen molar-refractivity contribution in [2.45, 2.75) is 38.2 Å². The van der Waals surface area contributed by atoms with E-state index < -0.39 is 17.6 Å². The topological polar surface area (TPSA) is 85.5 Å². The molecule has 118 valence electrons. The number of hydrogen-bond acceptors (Lipinski definition) is 5. The van der Waals surface area contributed by atoms with Crippen molar-refractivity contribution >= 4 is 23.8 Å². The van der Waals surface area contributed by atoms with Gasteiger partial charge in [-0.1, -0.05) is 6.07 Å². The van der Waals surface area contributed by atoms with Crippen LogP contribution >= 0.6 is 11.8 Å². The molecule has 1 aliphatic heterocycles. The maximum atomic E-state index is 12.5. The number of rotatable bonds is 3. The summed E-state index contributed by atoms with van der Waals surface area (Å²) in [6.07, 6.45) is 2.84. The minimum atomic E-state index is -0.623. The molecule has 0 radical (unpaired) electrons. The molecule has 1 aromatic heterocycles. The standard InChI is InChI=1S/C15H19N3O3S/c1-15(2,3)21-14(20)18-11(7-12(16)19)9-22-13(18)10-5-4-6-17-8-10/h4-6,8-9,13H,7H2,1-3H3,(H2,16,19). The summed E-state index contributed by atoms with van der Waals surface area (Å²) in [5.41, 5.74) is 6.04. The number of thioether (sulfide) groups is 1. The van der Waals surface area contributed by atoms with Gasteiger partial charge in [0.2, 0.25) is 5.91 Å². The Morgan fingerprint density at radius 1 is 1.45 bits per heavy atom. The van der Waals surface area contributed by atoms with Crippen molar-refractivity contribution in [3.05, 3.63) is 41.2 Å². The molecule has 1 aliphatic rings. The fourth-order valence-corrected chi connectivity index (χ4v) is 3.11. The van der Waals surface area contributed by atoms with Crippen LogP contribution in [0, 0.1) is 0 Å². The molecule has 0 spiro atoms. The molecule has 0 saturated carbocycles. The van der Waals surface area contributed by atoms with Crippen molar-refractivity contribution in [3.8, 4) is 0 Å². The average Bonchev–Trinajstić information content (AvgIpc) is 2.80. The van der Waals surface area contributed by atoms with Crippen molar-refractivity contribution in [2.24, 2.45) is 5.73 Å². The van der Waals surface area contributed by atoms with Crippen LogP contribution in [0.1, 0.15) is 38.1 Å². The van der Waals surface area contributed by atoms with Crippen molar-refractivity contribution < 1.29 is 14.3 Å². The number of carbonyl (C=O) groups is 2. The Bertz CT molecular complexity index is 596. The molecule has 2 N–H and O–H groups in total. The zero-order valence-corrected chi connectivity index (χ0v) is 13.6. The van der Waals surface area contributed by atoms with Gasteiger partial charge in [-0.25, -0.2) is 4.79 Å². The molecule has 1 aromatic rings. The molecule has 1 unspecified atom stereocenters. The minimum absolute atomic E-state index is 0.0109. The number of nitrogens with zero attached hydrogens (tertiary/aromatic N) is 2. The molecule has 0 saturated heterocycles. The highest BCUT2D eigenvalue weighted by Gasteiger charge is 2.36. The van der Waals surface area contributed by atoms with Gasteiger partial charge in [0.25, 0.3) is 0 Å². The van der Waals surface area contributed by atoms with Gasteiger partial charge in [-0.15, -0.1) is 11.8 Å². The largest absolute Gasteiger partial charge is 0.443 e. The van der Waals surface area contributed by atoms with E-state index in [4.69, 9.17) is 10.5 Å². The monoisotopic (exact) mass is 321 g/mol. The molecule has 2 amide bonds. The predicted octanol–water partition coefficient (Wildman–Crippen LogP) is 2.78. The number of primary amides is 1. The SMILES string of the molecule is CC(C)(C)OC(=O)N1C(CC(N)=O)=CSC1c1cccnc1. The van der Waals surface area contributed by atoms with Crippen LogP contribution in [0.4, 0.5) is 4.79 Å². The van der Waals surface area contributed by atoms with Gasteiger partial charge in [0.05, 0.1) is 6.42 Å². The van der Waals surface area contributed by atoms with E-state index in [-0.39, 0.29) is 11.8 Å². The van der Waals surface area contributed by atoms with Crippen LogP contribution in [0.25, 0.3) is 0 Å². The number of nitrogens with two attached hydrogens (primary N) is 1. The molecule has 2 heterocycles. The third-order valence-electron chi connectivity index (χ3n) is 2.79. The van der Waals surface area contributed by atoms with Crippen molar-refractivity contribution in [2.75, 3.05) is 0 Å². The fourth-order valence-electron chi connectivity index (χ4n) is 1.99. The second-order valence-electron chi connectivity index (χ2n) is 5.88. The number of pyridine rings is 1. The molecular weight excluding hydrogens is 302 g/mol. The highest BCUT2D eigenvalue weighted by Crippen LogP contribution is 2.44. The Kier molecular flexibility index (Phi) is 4.75. The maximum absolute atomic E-state index is 12.5. The van der Waals surface area contributed by atoms with Crippen LogP contribution in [-0.2, 0) is 9.53 Å². The smallest absolute Gasteiger partial charge is 0.415 e. The molecule has 6 nitrogen and oxygen atoms in total. The van der Waals surface area contributed by atoms with Gasteiger partial charge >= 0.3 is 6.09 Å². The Morgan fingerprint density at radius 3 is 2.73 bits per heavy atom. The van der Waals surface area contributed by atoms with Crippen LogP contribution in [-0.4, -0.2) is 27.5 Å². The Balaban J connectivity index is 2.28. The maximum Gasteiger partial charge on any atom is 0.415 e. The summed E-state index contributed by atoms with van der Waals surface area (Å²) in [4.78, 5) is 29.3. The van der Waals surface area contributed by atoms with Gasteiger partial charge in [0, 0.05) is 23.7 Å². The highest BCUT2D eigenvalue weighted by atomic mass is 32.2. The van der Waals surface area contributed by atoms with Crippen LogP contribution in [0.3, 0.4) is 0 Å². The van der Waals surface area contributed by atoms with E-state index in [1.807, 2.05) is 6.07 Å². The summed E-state index contributed by atoms with van der Waals surface area (Å²) in [5.74, 6) is -0.493. The van der Waals surface area contributed by atoms with Gasteiger partial charge in [-0.05, 0) is 32.2 Å². The lowest BCUT2D eigenvalue weighted by Gasteiger charge is -2.30. The number of amides is 2. The lowest BCUT2D eigenvalue weighted by atomic mass is 10.2. The van der Waals surface area contributed by atoms with E-state index in [0.717, 1.165) is 5.56 Å². The number of ether oxygens (including phenoxy) is 1. The number of carbonyl (C=O) groups excluding carboxylic acids is 2. The molecule has 22 heavy (non-hydrogen) atoms. The third-order valence-corrected chi connectivity index (χ3v) is 3.94. The quantitative estimate of drug-likeness (QED) is 0.925. The second kappa shape index (κ2) is 6.39. The second-order valence-corrected chi connectivity index (χ2v) is 6.83. The third kappa shape index (κ3) is 4.00. The van der Waals surface area contributed by atoms with E-state index in [2.05, 4.69) is 4.98 Å². The summed E-state index contributed by atoms with van der Waals surface area (Å²) in [6, 6.07) is 3.68. The minimum Gasteiger partial charge on any atom is -0.443 e. The summed E-state index contributed by atoms with van der Waals surface area (Å²) >= 11 is 1.42. The Morgan fingerprint density at radius 2 is 2.18 bits per heavy atom. The average molecular weight is 321 g/mol. The highest BCUT2D eigenvalue weighted by molar-refractivity contribution is 8.02. The molecule has 1 atom stereocenters.